The zero-order valence-electron chi connectivity index (χ0n) is 11.1. The zero-order chi connectivity index (χ0) is 15.6. The highest BCUT2D eigenvalue weighted by molar-refractivity contribution is 5.62. The molecule has 2 aromatic carbocycles. The van der Waals surface area contributed by atoms with Gasteiger partial charge in [-0.3, -0.25) is 10.1 Å². The zero-order valence-corrected chi connectivity index (χ0v) is 11.1. The smallest absolute Gasteiger partial charge is 0.292 e. The normalized spacial score (nSPS) is 10.4. The Kier molecular flexibility index (Phi) is 4.02. The van der Waals surface area contributed by atoms with Crippen molar-refractivity contribution < 1.29 is 18.8 Å². The number of phenols is 1. The van der Waals surface area contributed by atoms with Gasteiger partial charge in [0.25, 0.3) is 5.69 Å². The van der Waals surface area contributed by atoms with Gasteiger partial charge in [-0.05, 0) is 36.2 Å². The molecule has 7 heteroatoms. The lowest BCUT2D eigenvalue weighted by atomic mass is 10.1. The lowest BCUT2D eigenvalue weighted by molar-refractivity contribution is -0.384. The first-order valence-electron chi connectivity index (χ1n) is 6.04. The summed E-state index contributed by atoms with van der Waals surface area (Å²) < 4.78 is 26.4. The standard InChI is InChI=1S/C14H12F2N2O3/c1-8-2-3-12(13(4-8)18(20)21)17-7-9-5-10(15)14(19)11(16)6-9/h2-6,17,19H,7H2,1H3. The minimum atomic E-state index is -1.08. The molecule has 5 nitrogen and oxygen atoms in total. The van der Waals surface area contributed by atoms with Gasteiger partial charge in [-0.25, -0.2) is 8.78 Å². The van der Waals surface area contributed by atoms with Gasteiger partial charge in [0.15, 0.2) is 17.4 Å². The SMILES string of the molecule is Cc1ccc(NCc2cc(F)c(O)c(F)c2)c([N+](=O)[O-])c1. The summed E-state index contributed by atoms with van der Waals surface area (Å²) in [5.41, 5.74) is 1.08. The Hall–Kier alpha value is -2.70. The van der Waals surface area contributed by atoms with Gasteiger partial charge in [0, 0.05) is 12.6 Å². The van der Waals surface area contributed by atoms with Crippen LogP contribution in [0.15, 0.2) is 30.3 Å². The van der Waals surface area contributed by atoms with E-state index >= 15 is 0 Å². The van der Waals surface area contributed by atoms with Crippen LogP contribution in [0, 0.1) is 28.7 Å². The van der Waals surface area contributed by atoms with Gasteiger partial charge in [-0.15, -0.1) is 0 Å². The van der Waals surface area contributed by atoms with Crippen LogP contribution in [-0.4, -0.2) is 10.0 Å². The van der Waals surface area contributed by atoms with E-state index in [0.717, 1.165) is 17.7 Å². The van der Waals surface area contributed by atoms with Crippen LogP contribution in [0.3, 0.4) is 0 Å². The van der Waals surface area contributed by atoms with Crippen molar-refractivity contribution >= 4 is 11.4 Å². The summed E-state index contributed by atoms with van der Waals surface area (Å²) >= 11 is 0. The van der Waals surface area contributed by atoms with E-state index in [1.807, 2.05) is 0 Å². The molecule has 0 bridgehead atoms. The van der Waals surface area contributed by atoms with Gasteiger partial charge in [0.1, 0.15) is 5.69 Å². The van der Waals surface area contributed by atoms with Crippen molar-refractivity contribution in [2.24, 2.45) is 0 Å². The average Bonchev–Trinajstić information content (AvgIpc) is 2.43. The van der Waals surface area contributed by atoms with Crippen LogP contribution in [0.25, 0.3) is 0 Å². The first kappa shape index (κ1) is 14.7. The summed E-state index contributed by atoms with van der Waals surface area (Å²) in [6.07, 6.45) is 0. The minimum absolute atomic E-state index is 0.0159. The summed E-state index contributed by atoms with van der Waals surface area (Å²) in [5, 5.41) is 22.7. The Morgan fingerprint density at radius 1 is 1.24 bits per heavy atom. The van der Waals surface area contributed by atoms with Crippen molar-refractivity contribution in [1.29, 1.82) is 0 Å². The summed E-state index contributed by atoms with van der Waals surface area (Å²) in [6, 6.07) is 6.55. The number of benzene rings is 2. The summed E-state index contributed by atoms with van der Waals surface area (Å²) in [6.45, 7) is 1.71. The molecule has 0 aliphatic carbocycles. The summed E-state index contributed by atoms with van der Waals surface area (Å²) in [4.78, 5) is 10.4. The molecule has 0 heterocycles. The molecule has 0 atom stereocenters. The topological polar surface area (TPSA) is 75.4 Å². The quantitative estimate of drug-likeness (QED) is 0.668. The third-order valence-corrected chi connectivity index (χ3v) is 2.91. The van der Waals surface area contributed by atoms with Gasteiger partial charge in [-0.1, -0.05) is 6.07 Å². The number of halogens is 2. The van der Waals surface area contributed by atoms with Gasteiger partial charge in [0.05, 0.1) is 4.92 Å². The van der Waals surface area contributed by atoms with Gasteiger partial charge in [-0.2, -0.15) is 0 Å². The van der Waals surface area contributed by atoms with E-state index in [2.05, 4.69) is 5.32 Å². The molecule has 0 fully saturated rings. The average molecular weight is 294 g/mol. The monoisotopic (exact) mass is 294 g/mol. The highest BCUT2D eigenvalue weighted by atomic mass is 19.1. The summed E-state index contributed by atoms with van der Waals surface area (Å²) in [5.74, 6) is -3.20. The maximum atomic E-state index is 13.2. The number of nitro benzene ring substituents is 1. The van der Waals surface area contributed by atoms with Crippen LogP contribution < -0.4 is 5.32 Å². The number of hydrogen-bond acceptors (Lipinski definition) is 4. The van der Waals surface area contributed by atoms with E-state index in [0.29, 0.717) is 0 Å². The van der Waals surface area contributed by atoms with Crippen LogP contribution in [-0.2, 0) is 6.54 Å². The second-order valence-electron chi connectivity index (χ2n) is 4.54. The first-order chi connectivity index (χ1) is 9.88. The molecule has 2 aromatic rings. The van der Waals surface area contributed by atoms with E-state index in [1.54, 1.807) is 13.0 Å². The van der Waals surface area contributed by atoms with E-state index in [1.165, 1.54) is 12.1 Å². The molecule has 0 saturated carbocycles. The number of phenolic OH excluding ortho intramolecular Hbond substituents is 1. The number of anilines is 1. The molecule has 0 aromatic heterocycles. The number of nitrogens with one attached hydrogen (secondary N) is 1. The van der Waals surface area contributed by atoms with E-state index in [9.17, 15) is 18.9 Å². The van der Waals surface area contributed by atoms with Gasteiger partial charge < -0.3 is 10.4 Å². The van der Waals surface area contributed by atoms with Crippen molar-refractivity contribution in [3.63, 3.8) is 0 Å². The van der Waals surface area contributed by atoms with Crippen molar-refractivity contribution in [1.82, 2.24) is 0 Å². The molecule has 0 spiro atoms. The fourth-order valence-corrected chi connectivity index (χ4v) is 1.86. The molecule has 2 N–H and O–H groups in total. The van der Waals surface area contributed by atoms with Crippen molar-refractivity contribution in [3.05, 3.63) is 63.2 Å². The highest BCUT2D eigenvalue weighted by Gasteiger charge is 2.14. The Labute approximate surface area is 119 Å². The minimum Gasteiger partial charge on any atom is -0.503 e. The lowest BCUT2D eigenvalue weighted by Crippen LogP contribution is -2.04. The Morgan fingerprint density at radius 2 is 1.86 bits per heavy atom. The van der Waals surface area contributed by atoms with E-state index in [4.69, 9.17) is 5.11 Å². The molecule has 0 radical (unpaired) electrons. The second-order valence-corrected chi connectivity index (χ2v) is 4.54. The molecular weight excluding hydrogens is 282 g/mol. The largest absolute Gasteiger partial charge is 0.503 e. The predicted octanol–water partition coefficient (Wildman–Crippen LogP) is 3.50. The van der Waals surface area contributed by atoms with E-state index in [-0.39, 0.29) is 23.5 Å². The third-order valence-electron chi connectivity index (χ3n) is 2.91. The molecule has 2 rings (SSSR count). The fraction of sp³-hybridized carbons (Fsp3) is 0.143. The molecule has 110 valence electrons. The number of hydrogen-bond donors (Lipinski definition) is 2. The molecule has 21 heavy (non-hydrogen) atoms. The Bertz CT molecular complexity index is 682. The van der Waals surface area contributed by atoms with Crippen molar-refractivity contribution in [2.75, 3.05) is 5.32 Å². The van der Waals surface area contributed by atoms with Gasteiger partial charge >= 0.3 is 0 Å². The number of rotatable bonds is 4. The van der Waals surface area contributed by atoms with Crippen LogP contribution in [0.5, 0.6) is 5.75 Å². The molecule has 0 aliphatic heterocycles. The van der Waals surface area contributed by atoms with Crippen molar-refractivity contribution in [2.45, 2.75) is 13.5 Å². The fourth-order valence-electron chi connectivity index (χ4n) is 1.86. The third kappa shape index (κ3) is 3.25. The van der Waals surface area contributed by atoms with Crippen LogP contribution in [0.1, 0.15) is 11.1 Å². The number of aromatic hydroxyl groups is 1. The molecular formula is C14H12F2N2O3. The predicted molar refractivity (Wildman–Crippen MR) is 73.2 cm³/mol. The maximum Gasteiger partial charge on any atom is 0.292 e. The Balaban J connectivity index is 2.22. The summed E-state index contributed by atoms with van der Waals surface area (Å²) in [7, 11) is 0. The van der Waals surface area contributed by atoms with Gasteiger partial charge in [0.2, 0.25) is 0 Å². The first-order valence-corrected chi connectivity index (χ1v) is 6.04. The molecule has 0 aliphatic rings. The lowest BCUT2D eigenvalue weighted by Gasteiger charge is -2.09. The number of aryl methyl sites for hydroxylation is 1. The molecule has 0 unspecified atom stereocenters. The van der Waals surface area contributed by atoms with Crippen molar-refractivity contribution in [3.8, 4) is 5.75 Å². The molecule has 0 amide bonds. The number of nitro groups is 1. The maximum absolute atomic E-state index is 13.2. The molecule has 0 saturated heterocycles. The number of nitrogens with zero attached hydrogens (tertiary/aromatic N) is 1. The van der Waals surface area contributed by atoms with Crippen LogP contribution in [0.4, 0.5) is 20.2 Å². The van der Waals surface area contributed by atoms with Crippen LogP contribution in [0.2, 0.25) is 0 Å². The van der Waals surface area contributed by atoms with Crippen LogP contribution >= 0.6 is 0 Å². The Morgan fingerprint density at radius 3 is 2.43 bits per heavy atom. The van der Waals surface area contributed by atoms with E-state index < -0.39 is 22.3 Å². The second kappa shape index (κ2) is 5.74. The highest BCUT2D eigenvalue weighted by Crippen LogP contribution is 2.27.